The van der Waals surface area contributed by atoms with Gasteiger partial charge in [0.05, 0.1) is 4.90 Å². The molecule has 0 fully saturated rings. The molecule has 0 saturated heterocycles. The van der Waals surface area contributed by atoms with Gasteiger partial charge in [-0.2, -0.15) is 8.42 Å². The van der Waals surface area contributed by atoms with Crippen LogP contribution in [0.1, 0.15) is 6.92 Å². The van der Waals surface area contributed by atoms with Crippen LogP contribution in [0.15, 0.2) is 47.4 Å². The Morgan fingerprint density at radius 1 is 1.33 bits per heavy atom. The third-order valence-electron chi connectivity index (χ3n) is 1.51. The van der Waals surface area contributed by atoms with Crippen LogP contribution < -0.4 is 0 Å². The molecule has 0 atom stereocenters. The molecule has 0 spiro atoms. The number of benzene rings is 1. The molecule has 78 valence electrons. The quantitative estimate of drug-likeness (QED) is 0.486. The first-order valence-corrected chi connectivity index (χ1v) is 7.51. The Balaban J connectivity index is 0.000000336. The van der Waals surface area contributed by atoms with Gasteiger partial charge in [-0.25, -0.2) is 0 Å². The molecule has 15 heavy (non-hydrogen) atoms. The van der Waals surface area contributed by atoms with Gasteiger partial charge in [0.25, 0.3) is 10.1 Å². The molecule has 1 rings (SSSR count). The van der Waals surface area contributed by atoms with Crippen molar-refractivity contribution in [1.82, 2.24) is 0 Å². The van der Waals surface area contributed by atoms with Crippen molar-refractivity contribution in [2.24, 2.45) is 0 Å². The van der Waals surface area contributed by atoms with E-state index in [4.69, 9.17) is 4.55 Å². The van der Waals surface area contributed by atoms with Crippen molar-refractivity contribution in [3.05, 3.63) is 42.5 Å². The minimum atomic E-state index is -4.00. The van der Waals surface area contributed by atoms with Gasteiger partial charge >= 0.3 is 50.7 Å². The van der Waals surface area contributed by atoms with Crippen molar-refractivity contribution in [1.29, 1.82) is 0 Å². The van der Waals surface area contributed by atoms with Gasteiger partial charge in [-0.15, -0.1) is 0 Å². The summed E-state index contributed by atoms with van der Waals surface area (Å²) in [6.07, 6.45) is 4.28. The van der Waals surface area contributed by atoms with Crippen LogP contribution in [0.25, 0.3) is 0 Å². The van der Waals surface area contributed by atoms with Gasteiger partial charge in [0.15, 0.2) is 0 Å². The summed E-state index contributed by atoms with van der Waals surface area (Å²) in [5.74, 6) is 0. The summed E-state index contributed by atoms with van der Waals surface area (Å²) in [5.41, 5.74) is 0. The van der Waals surface area contributed by atoms with Gasteiger partial charge in [0, 0.05) is 0 Å². The fourth-order valence-corrected chi connectivity index (χ4v) is 1.80. The molecular formula is C10H13NaO3S. The fourth-order valence-electron chi connectivity index (χ4n) is 0.828. The molecule has 5 heteroatoms. The molecular weight excluding hydrogens is 223 g/mol. The van der Waals surface area contributed by atoms with E-state index >= 15 is 0 Å². The Bertz CT molecular complexity index is 384. The first-order chi connectivity index (χ1) is 7.02. The van der Waals surface area contributed by atoms with E-state index in [0.29, 0.717) is 0 Å². The third-order valence-corrected chi connectivity index (χ3v) is 2.85. The zero-order chi connectivity index (χ0) is 11.7. The van der Waals surface area contributed by atoms with Crippen molar-refractivity contribution in [2.75, 3.05) is 0 Å². The van der Waals surface area contributed by atoms with Crippen LogP contribution in [-0.4, -0.2) is 40.9 Å². The van der Waals surface area contributed by atoms with Crippen LogP contribution in [0.2, 0.25) is 3.67 Å². The standard InChI is InChI=1S/C6H6O3S.C4H7.Na/c7-10(8,9)6-4-2-1-3-5-6;1-3-4-2;/h1-5H,(H,7,8,9);3-4H,1H2,2H3;. The maximum absolute atomic E-state index is 10.4. The van der Waals surface area contributed by atoms with Gasteiger partial charge in [0.2, 0.25) is 0 Å². The van der Waals surface area contributed by atoms with Crippen LogP contribution in [0.5, 0.6) is 0 Å². The molecule has 0 heterocycles. The molecule has 0 amide bonds. The smallest absolute Gasteiger partial charge is 0.282 e. The molecule has 1 N–H and O–H groups in total. The van der Waals surface area contributed by atoms with Gasteiger partial charge in [-0.3, -0.25) is 4.55 Å². The molecule has 0 unspecified atom stereocenters. The number of hydrogen-bond acceptors (Lipinski definition) is 2. The topological polar surface area (TPSA) is 54.4 Å². The van der Waals surface area contributed by atoms with E-state index in [-0.39, 0.29) is 4.90 Å². The van der Waals surface area contributed by atoms with Crippen molar-refractivity contribution < 1.29 is 13.0 Å². The Hall–Kier alpha value is -0.130. The molecule has 0 aliphatic carbocycles. The van der Waals surface area contributed by atoms with Crippen molar-refractivity contribution in [3.63, 3.8) is 0 Å². The first kappa shape index (κ1) is 14.9. The van der Waals surface area contributed by atoms with E-state index < -0.39 is 10.1 Å². The molecule has 0 aliphatic heterocycles. The Kier molecular flexibility index (Phi) is 8.00. The number of rotatable bonds is 2. The predicted octanol–water partition coefficient (Wildman–Crippen LogP) is 2.08. The summed E-state index contributed by atoms with van der Waals surface area (Å²) in [5, 5.41) is 0. The molecule has 3 nitrogen and oxygen atoms in total. The van der Waals surface area contributed by atoms with E-state index in [2.05, 4.69) is 19.1 Å². The average Bonchev–Trinajstić information content (AvgIpc) is 2.20. The number of hydrogen-bond donors (Lipinski definition) is 1. The number of allylic oxidation sites excluding steroid dienone is 2. The molecule has 0 aromatic heterocycles. The minimum Gasteiger partial charge on any atom is -0.282 e. The van der Waals surface area contributed by atoms with E-state index in [1.54, 1.807) is 18.2 Å². The minimum absolute atomic E-state index is 0.0741. The second-order valence-corrected chi connectivity index (χ2v) is 5.00. The van der Waals surface area contributed by atoms with Crippen LogP contribution in [-0.2, 0) is 10.1 Å². The van der Waals surface area contributed by atoms with Gasteiger partial charge < -0.3 is 0 Å². The third kappa shape index (κ3) is 7.76. The zero-order valence-electron chi connectivity index (χ0n) is 8.92. The Morgan fingerprint density at radius 3 is 2.07 bits per heavy atom. The van der Waals surface area contributed by atoms with Crippen LogP contribution in [0, 0.1) is 0 Å². The fraction of sp³-hybridized carbons (Fsp3) is 0.200. The maximum atomic E-state index is 10.4. The normalized spacial score (nSPS) is 10.9. The van der Waals surface area contributed by atoms with Crippen molar-refractivity contribution >= 4 is 38.0 Å². The molecule has 0 bridgehead atoms. The molecule has 1 aromatic carbocycles. The van der Waals surface area contributed by atoms with Gasteiger partial charge in [0.1, 0.15) is 0 Å². The molecule has 0 radical (unpaired) electrons. The predicted molar refractivity (Wildman–Crippen MR) is 61.6 cm³/mol. The van der Waals surface area contributed by atoms with E-state index in [9.17, 15) is 8.42 Å². The van der Waals surface area contributed by atoms with E-state index in [0.717, 1.165) is 0 Å². The summed E-state index contributed by atoms with van der Waals surface area (Å²) in [6, 6.07) is 7.42. The summed E-state index contributed by atoms with van der Waals surface area (Å²) in [6.45, 7) is 2.05. The van der Waals surface area contributed by atoms with Crippen LogP contribution in [0.4, 0.5) is 0 Å². The average molecular weight is 236 g/mol. The summed E-state index contributed by atoms with van der Waals surface area (Å²) in [7, 11) is -4.00. The zero-order valence-corrected chi connectivity index (χ0v) is 11.7. The first-order valence-electron chi connectivity index (χ1n) is 4.66. The Morgan fingerprint density at radius 2 is 1.87 bits per heavy atom. The van der Waals surface area contributed by atoms with Crippen molar-refractivity contribution in [2.45, 2.75) is 15.5 Å². The second-order valence-electron chi connectivity index (χ2n) is 2.77. The molecule has 0 saturated carbocycles. The van der Waals surface area contributed by atoms with Gasteiger partial charge in [-0.05, 0) is 12.1 Å². The van der Waals surface area contributed by atoms with E-state index in [1.807, 2.05) is 0 Å². The molecule has 1 aromatic rings. The largest absolute Gasteiger partial charge is 0.294 e. The van der Waals surface area contributed by atoms with Crippen LogP contribution in [0.3, 0.4) is 0 Å². The van der Waals surface area contributed by atoms with Crippen LogP contribution >= 0.6 is 0 Å². The summed E-state index contributed by atoms with van der Waals surface area (Å²) >= 11 is 1.31. The van der Waals surface area contributed by atoms with Crippen molar-refractivity contribution in [3.8, 4) is 0 Å². The van der Waals surface area contributed by atoms with Gasteiger partial charge in [-0.1, -0.05) is 18.2 Å². The monoisotopic (exact) mass is 236 g/mol. The summed E-state index contributed by atoms with van der Waals surface area (Å²) < 4.78 is 30.5. The SMILES string of the molecule is CC=C[CH2][Na].O=S(=O)(O)c1ccccc1. The van der Waals surface area contributed by atoms with E-state index in [1.165, 1.54) is 43.7 Å². The maximum Gasteiger partial charge on any atom is 0.294 e. The Labute approximate surface area is 108 Å². The second kappa shape index (κ2) is 8.07. The molecule has 0 aliphatic rings. The summed E-state index contributed by atoms with van der Waals surface area (Å²) in [4.78, 5) is -0.0741.